The quantitative estimate of drug-likeness (QED) is 0.738. The fourth-order valence-electron chi connectivity index (χ4n) is 1.95. The molecular formula is C10H23N3O2S2. The van der Waals surface area contributed by atoms with Crippen molar-refractivity contribution in [1.82, 2.24) is 9.03 Å². The van der Waals surface area contributed by atoms with Crippen LogP contribution in [0.4, 0.5) is 0 Å². The van der Waals surface area contributed by atoms with Gasteiger partial charge >= 0.3 is 0 Å². The Morgan fingerprint density at radius 1 is 1.41 bits per heavy atom. The van der Waals surface area contributed by atoms with Gasteiger partial charge in [0.2, 0.25) is 0 Å². The molecule has 0 amide bonds. The summed E-state index contributed by atoms with van der Waals surface area (Å²) in [5.74, 6) is 0. The molecule has 1 fully saturated rings. The summed E-state index contributed by atoms with van der Waals surface area (Å²) >= 11 is 1.76. The number of nitrogens with two attached hydrogens (primary N) is 1. The Hall–Kier alpha value is 0.180. The van der Waals surface area contributed by atoms with E-state index in [2.05, 4.69) is 4.72 Å². The van der Waals surface area contributed by atoms with Gasteiger partial charge in [-0.05, 0) is 25.5 Å². The molecule has 7 heteroatoms. The highest BCUT2D eigenvalue weighted by Gasteiger charge is 2.36. The molecule has 0 aliphatic carbocycles. The molecule has 0 unspecified atom stereocenters. The van der Waals surface area contributed by atoms with Crippen LogP contribution in [0, 0.1) is 0 Å². The van der Waals surface area contributed by atoms with Gasteiger partial charge in [0.1, 0.15) is 0 Å². The van der Waals surface area contributed by atoms with Crippen LogP contribution in [0.2, 0.25) is 0 Å². The maximum absolute atomic E-state index is 11.9. The van der Waals surface area contributed by atoms with Gasteiger partial charge < -0.3 is 5.73 Å². The number of piperidine rings is 1. The molecule has 0 aromatic heterocycles. The minimum Gasteiger partial charge on any atom is -0.329 e. The first-order valence-corrected chi connectivity index (χ1v) is 8.66. The van der Waals surface area contributed by atoms with Crippen molar-refractivity contribution < 1.29 is 8.42 Å². The lowest BCUT2D eigenvalue weighted by Gasteiger charge is -2.39. The minimum atomic E-state index is -3.28. The van der Waals surface area contributed by atoms with Crippen molar-refractivity contribution in [3.05, 3.63) is 0 Å². The Balaban J connectivity index is 2.57. The fourth-order valence-corrected chi connectivity index (χ4v) is 4.01. The van der Waals surface area contributed by atoms with E-state index in [1.165, 1.54) is 4.31 Å². The molecule has 3 N–H and O–H groups in total. The molecule has 1 aliphatic heterocycles. The molecule has 1 saturated heterocycles. The van der Waals surface area contributed by atoms with Crippen LogP contribution in [-0.4, -0.2) is 49.9 Å². The van der Waals surface area contributed by atoms with Crippen molar-refractivity contribution in [3.63, 3.8) is 0 Å². The van der Waals surface area contributed by atoms with E-state index in [9.17, 15) is 8.42 Å². The van der Waals surface area contributed by atoms with Crippen LogP contribution in [0.25, 0.3) is 0 Å². The van der Waals surface area contributed by atoms with Crippen LogP contribution in [0.15, 0.2) is 0 Å². The summed E-state index contributed by atoms with van der Waals surface area (Å²) in [6.45, 7) is 4.20. The maximum atomic E-state index is 11.9. The standard InChI is InChI=1S/C10H23N3O2S2/c1-3-6-12-17(14,15)13-7-4-10(9-11,16-2)5-8-13/h12H,3-9,11H2,1-2H3. The summed E-state index contributed by atoms with van der Waals surface area (Å²) in [5, 5.41) is 0. The van der Waals surface area contributed by atoms with E-state index in [1.54, 1.807) is 11.8 Å². The number of thioether (sulfide) groups is 1. The van der Waals surface area contributed by atoms with Crippen molar-refractivity contribution >= 4 is 22.0 Å². The monoisotopic (exact) mass is 281 g/mol. The normalized spacial score (nSPS) is 21.6. The van der Waals surface area contributed by atoms with Gasteiger partial charge in [0, 0.05) is 30.9 Å². The van der Waals surface area contributed by atoms with Gasteiger partial charge in [0.25, 0.3) is 10.2 Å². The average molecular weight is 281 g/mol. The molecule has 5 nitrogen and oxygen atoms in total. The lowest BCUT2D eigenvalue weighted by Crippen LogP contribution is -2.51. The lowest BCUT2D eigenvalue weighted by molar-refractivity contribution is 0.298. The van der Waals surface area contributed by atoms with Gasteiger partial charge in [0.15, 0.2) is 0 Å². The van der Waals surface area contributed by atoms with Crippen molar-refractivity contribution in [2.45, 2.75) is 30.9 Å². The smallest absolute Gasteiger partial charge is 0.279 e. The highest BCUT2D eigenvalue weighted by molar-refractivity contribution is 8.00. The number of hydrogen-bond donors (Lipinski definition) is 2. The van der Waals surface area contributed by atoms with Gasteiger partial charge in [-0.1, -0.05) is 6.92 Å². The highest BCUT2D eigenvalue weighted by atomic mass is 32.2. The second-order valence-corrected chi connectivity index (χ2v) is 7.42. The van der Waals surface area contributed by atoms with Gasteiger partial charge in [-0.2, -0.15) is 24.5 Å². The lowest BCUT2D eigenvalue weighted by atomic mass is 9.97. The molecule has 0 saturated carbocycles. The zero-order chi connectivity index (χ0) is 12.9. The summed E-state index contributed by atoms with van der Waals surface area (Å²) < 4.78 is 28.0. The van der Waals surface area contributed by atoms with Crippen LogP contribution < -0.4 is 10.5 Å². The molecular weight excluding hydrogens is 258 g/mol. The van der Waals surface area contributed by atoms with Gasteiger partial charge in [-0.3, -0.25) is 0 Å². The molecule has 0 atom stereocenters. The molecule has 0 spiro atoms. The molecule has 17 heavy (non-hydrogen) atoms. The molecule has 0 aromatic carbocycles. The fraction of sp³-hybridized carbons (Fsp3) is 1.00. The summed E-state index contributed by atoms with van der Waals surface area (Å²) in [6.07, 6.45) is 4.52. The number of nitrogens with zero attached hydrogens (tertiary/aromatic N) is 1. The third-order valence-corrected chi connectivity index (χ3v) is 6.37. The van der Waals surface area contributed by atoms with Crippen LogP contribution in [0.5, 0.6) is 0 Å². The average Bonchev–Trinajstić information content (AvgIpc) is 2.36. The second kappa shape index (κ2) is 6.38. The summed E-state index contributed by atoms with van der Waals surface area (Å²) in [6, 6.07) is 0. The first-order valence-electron chi connectivity index (χ1n) is 5.99. The van der Waals surface area contributed by atoms with E-state index in [4.69, 9.17) is 5.73 Å². The summed E-state index contributed by atoms with van der Waals surface area (Å²) in [7, 11) is -3.28. The maximum Gasteiger partial charge on any atom is 0.279 e. The Bertz CT molecular complexity index is 318. The Kier molecular flexibility index (Phi) is 5.72. The van der Waals surface area contributed by atoms with E-state index >= 15 is 0 Å². The van der Waals surface area contributed by atoms with Crippen LogP contribution in [0.1, 0.15) is 26.2 Å². The molecule has 1 aliphatic rings. The van der Waals surface area contributed by atoms with E-state index in [0.29, 0.717) is 26.2 Å². The topological polar surface area (TPSA) is 75.4 Å². The molecule has 1 heterocycles. The van der Waals surface area contributed by atoms with Crippen LogP contribution >= 0.6 is 11.8 Å². The molecule has 1 rings (SSSR count). The highest BCUT2D eigenvalue weighted by Crippen LogP contribution is 2.33. The van der Waals surface area contributed by atoms with E-state index in [1.807, 2.05) is 13.2 Å². The van der Waals surface area contributed by atoms with Crippen molar-refractivity contribution in [1.29, 1.82) is 0 Å². The molecule has 0 radical (unpaired) electrons. The first kappa shape index (κ1) is 15.2. The zero-order valence-corrected chi connectivity index (χ0v) is 12.2. The first-order chi connectivity index (χ1) is 7.99. The molecule has 102 valence electrons. The number of rotatable bonds is 6. The zero-order valence-electron chi connectivity index (χ0n) is 10.6. The minimum absolute atomic E-state index is 0.0662. The van der Waals surface area contributed by atoms with E-state index in [-0.39, 0.29) is 4.75 Å². The van der Waals surface area contributed by atoms with E-state index in [0.717, 1.165) is 19.3 Å². The molecule has 0 aromatic rings. The predicted octanol–water partition coefficient (Wildman–Crippen LogP) is 0.387. The Labute approximate surface area is 109 Å². The third kappa shape index (κ3) is 3.82. The van der Waals surface area contributed by atoms with Crippen LogP contribution in [-0.2, 0) is 10.2 Å². The van der Waals surface area contributed by atoms with Gasteiger partial charge in [-0.25, -0.2) is 4.72 Å². The predicted molar refractivity (Wildman–Crippen MR) is 73.3 cm³/mol. The number of nitrogens with one attached hydrogen (secondary N) is 1. The van der Waals surface area contributed by atoms with Crippen molar-refractivity contribution in [2.75, 3.05) is 32.4 Å². The largest absolute Gasteiger partial charge is 0.329 e. The van der Waals surface area contributed by atoms with Crippen LogP contribution in [0.3, 0.4) is 0 Å². The SMILES string of the molecule is CCCNS(=O)(=O)N1CCC(CN)(SC)CC1. The third-order valence-electron chi connectivity index (χ3n) is 3.31. The van der Waals surface area contributed by atoms with Crippen molar-refractivity contribution in [3.8, 4) is 0 Å². The van der Waals surface area contributed by atoms with E-state index < -0.39 is 10.2 Å². The van der Waals surface area contributed by atoms with Gasteiger partial charge in [0.05, 0.1) is 0 Å². The van der Waals surface area contributed by atoms with Gasteiger partial charge in [-0.15, -0.1) is 0 Å². The van der Waals surface area contributed by atoms with Crippen molar-refractivity contribution in [2.24, 2.45) is 5.73 Å². The summed E-state index contributed by atoms with van der Waals surface area (Å²) in [5.41, 5.74) is 5.78. The summed E-state index contributed by atoms with van der Waals surface area (Å²) in [4.78, 5) is 0. The molecule has 0 bridgehead atoms. The second-order valence-electron chi connectivity index (χ2n) is 4.39. The Morgan fingerprint density at radius 2 is 2.00 bits per heavy atom. The number of hydrogen-bond acceptors (Lipinski definition) is 4. The Morgan fingerprint density at radius 3 is 2.41 bits per heavy atom.